The van der Waals surface area contributed by atoms with E-state index in [1.165, 1.54) is 0 Å². The van der Waals surface area contributed by atoms with Gasteiger partial charge in [0, 0.05) is 22.4 Å². The number of hydrogen-bond donors (Lipinski definition) is 1. The van der Waals surface area contributed by atoms with E-state index in [9.17, 15) is 9.90 Å². The van der Waals surface area contributed by atoms with Gasteiger partial charge in [-0.1, -0.05) is 35.3 Å². The summed E-state index contributed by atoms with van der Waals surface area (Å²) in [7, 11) is 0. The molecule has 1 aliphatic rings. The lowest BCUT2D eigenvalue weighted by molar-refractivity contribution is -0.143. The summed E-state index contributed by atoms with van der Waals surface area (Å²) in [5.41, 5.74) is 2.00. The van der Waals surface area contributed by atoms with Crippen LogP contribution in [0.3, 0.4) is 0 Å². The van der Waals surface area contributed by atoms with Crippen molar-refractivity contribution in [1.29, 1.82) is 0 Å². The van der Waals surface area contributed by atoms with Crippen LogP contribution in [-0.4, -0.2) is 34.0 Å². The molecule has 0 saturated carbocycles. The van der Waals surface area contributed by atoms with Crippen LogP contribution in [0.25, 0.3) is 0 Å². The molecule has 1 unspecified atom stereocenters. The molecular weight excluding hydrogens is 347 g/mol. The molecule has 1 aliphatic heterocycles. The molecule has 0 bridgehead atoms. The van der Waals surface area contributed by atoms with Crippen molar-refractivity contribution in [1.82, 2.24) is 9.88 Å². The first-order valence-corrected chi connectivity index (χ1v) is 8.63. The normalized spacial score (nSPS) is 17.6. The van der Waals surface area contributed by atoms with Gasteiger partial charge in [-0.3, -0.25) is 14.7 Å². The third-order valence-electron chi connectivity index (χ3n) is 4.50. The predicted octanol–water partition coefficient (Wildman–Crippen LogP) is 4.27. The molecular formula is C18H18Cl2N2O2. The Hall–Kier alpha value is -1.62. The molecule has 2 heterocycles. The van der Waals surface area contributed by atoms with Gasteiger partial charge in [-0.15, -0.1) is 0 Å². The van der Waals surface area contributed by atoms with E-state index in [0.29, 0.717) is 36.0 Å². The molecule has 126 valence electrons. The molecule has 0 radical (unpaired) electrons. The zero-order chi connectivity index (χ0) is 17.1. The molecule has 6 heteroatoms. The number of piperidine rings is 1. The van der Waals surface area contributed by atoms with Gasteiger partial charge < -0.3 is 5.11 Å². The van der Waals surface area contributed by atoms with E-state index < -0.39 is 5.97 Å². The Balaban J connectivity index is 1.93. The predicted molar refractivity (Wildman–Crippen MR) is 94.5 cm³/mol. The molecule has 0 aliphatic carbocycles. The standard InChI is InChI=1S/C18H18Cl2N2O2/c19-14-3-4-15(16(20)10-14)17(13-2-1-7-21-11-13)22-8-5-12(6-9-22)18(23)24/h1-4,7,10-12,17H,5-6,8-9H2,(H,23,24). The number of halogens is 2. The summed E-state index contributed by atoms with van der Waals surface area (Å²) in [5.74, 6) is -0.978. The fourth-order valence-corrected chi connectivity index (χ4v) is 3.76. The van der Waals surface area contributed by atoms with Crippen LogP contribution in [0.15, 0.2) is 42.7 Å². The smallest absolute Gasteiger partial charge is 0.306 e. The van der Waals surface area contributed by atoms with Gasteiger partial charge in [-0.25, -0.2) is 0 Å². The summed E-state index contributed by atoms with van der Waals surface area (Å²) in [6.45, 7) is 1.41. The Morgan fingerprint density at radius 1 is 1.25 bits per heavy atom. The maximum atomic E-state index is 11.2. The number of benzene rings is 1. The number of carboxylic acids is 1. The number of aliphatic carboxylic acids is 1. The fourth-order valence-electron chi connectivity index (χ4n) is 3.25. The second-order valence-electron chi connectivity index (χ2n) is 6.00. The Kier molecular flexibility index (Phi) is 5.39. The first-order chi connectivity index (χ1) is 11.6. The number of aromatic nitrogens is 1. The van der Waals surface area contributed by atoms with E-state index in [2.05, 4.69) is 9.88 Å². The molecule has 0 spiro atoms. The number of nitrogens with zero attached hydrogens (tertiary/aromatic N) is 2. The topological polar surface area (TPSA) is 53.4 Å². The third-order valence-corrected chi connectivity index (χ3v) is 5.06. The van der Waals surface area contributed by atoms with Crippen LogP contribution in [0.4, 0.5) is 0 Å². The van der Waals surface area contributed by atoms with E-state index in [1.54, 1.807) is 12.3 Å². The minimum absolute atomic E-state index is 0.0572. The van der Waals surface area contributed by atoms with Crippen molar-refractivity contribution >= 4 is 29.2 Å². The molecule has 1 atom stereocenters. The van der Waals surface area contributed by atoms with Crippen LogP contribution in [-0.2, 0) is 4.79 Å². The Morgan fingerprint density at radius 3 is 2.58 bits per heavy atom. The summed E-state index contributed by atoms with van der Waals surface area (Å²) in [6, 6.07) is 9.37. The first kappa shape index (κ1) is 17.2. The van der Waals surface area contributed by atoms with Gasteiger partial charge >= 0.3 is 5.97 Å². The molecule has 1 N–H and O–H groups in total. The number of hydrogen-bond acceptors (Lipinski definition) is 3. The highest BCUT2D eigenvalue weighted by molar-refractivity contribution is 6.35. The molecule has 2 aromatic rings. The van der Waals surface area contributed by atoms with Gasteiger partial charge in [0.2, 0.25) is 0 Å². The van der Waals surface area contributed by atoms with Crippen molar-refractivity contribution in [3.8, 4) is 0 Å². The quantitative estimate of drug-likeness (QED) is 0.879. The minimum Gasteiger partial charge on any atom is -0.481 e. The average molecular weight is 365 g/mol. The number of rotatable bonds is 4. The average Bonchev–Trinajstić information content (AvgIpc) is 2.58. The van der Waals surface area contributed by atoms with E-state index in [0.717, 1.165) is 11.1 Å². The number of carboxylic acid groups (broad SMARTS) is 1. The second-order valence-corrected chi connectivity index (χ2v) is 6.85. The molecule has 4 nitrogen and oxygen atoms in total. The van der Waals surface area contributed by atoms with Gasteiger partial charge in [0.1, 0.15) is 0 Å². The second kappa shape index (κ2) is 7.51. The summed E-state index contributed by atoms with van der Waals surface area (Å²) in [6.07, 6.45) is 4.84. The van der Waals surface area contributed by atoms with Crippen molar-refractivity contribution in [3.63, 3.8) is 0 Å². The number of pyridine rings is 1. The summed E-state index contributed by atoms with van der Waals surface area (Å²) >= 11 is 12.5. The molecule has 1 aromatic heterocycles. The number of likely N-dealkylation sites (tertiary alicyclic amines) is 1. The molecule has 3 rings (SSSR count). The number of carbonyl (C=O) groups is 1. The van der Waals surface area contributed by atoms with Crippen molar-refractivity contribution < 1.29 is 9.90 Å². The van der Waals surface area contributed by atoms with Gasteiger partial charge in [0.25, 0.3) is 0 Å². The zero-order valence-corrected chi connectivity index (χ0v) is 14.5. The van der Waals surface area contributed by atoms with Crippen LogP contribution >= 0.6 is 23.2 Å². The highest BCUT2D eigenvalue weighted by Gasteiger charge is 2.31. The molecule has 24 heavy (non-hydrogen) atoms. The van der Waals surface area contributed by atoms with Crippen molar-refractivity contribution in [2.24, 2.45) is 5.92 Å². The lowest BCUT2D eigenvalue weighted by atomic mass is 9.92. The third kappa shape index (κ3) is 3.72. The maximum Gasteiger partial charge on any atom is 0.306 e. The van der Waals surface area contributed by atoms with Crippen molar-refractivity contribution in [3.05, 3.63) is 63.9 Å². The highest BCUT2D eigenvalue weighted by Crippen LogP contribution is 2.36. The van der Waals surface area contributed by atoms with Gasteiger partial charge in [0.15, 0.2) is 0 Å². The van der Waals surface area contributed by atoms with E-state index in [4.69, 9.17) is 23.2 Å². The zero-order valence-electron chi connectivity index (χ0n) is 13.0. The lowest BCUT2D eigenvalue weighted by Crippen LogP contribution is -2.39. The van der Waals surface area contributed by atoms with Crippen molar-refractivity contribution in [2.75, 3.05) is 13.1 Å². The SMILES string of the molecule is O=C(O)C1CCN(C(c2cccnc2)c2ccc(Cl)cc2Cl)CC1. The lowest BCUT2D eigenvalue weighted by Gasteiger charge is -2.37. The molecule has 1 saturated heterocycles. The summed E-state index contributed by atoms with van der Waals surface area (Å²) in [5, 5.41) is 10.4. The van der Waals surface area contributed by atoms with E-state index in [1.807, 2.05) is 30.5 Å². The van der Waals surface area contributed by atoms with Crippen LogP contribution in [0, 0.1) is 5.92 Å². The molecule has 0 amide bonds. The first-order valence-electron chi connectivity index (χ1n) is 7.88. The largest absolute Gasteiger partial charge is 0.481 e. The van der Waals surface area contributed by atoms with Gasteiger partial charge in [-0.05, 0) is 55.3 Å². The fraction of sp³-hybridized carbons (Fsp3) is 0.333. The van der Waals surface area contributed by atoms with Crippen molar-refractivity contribution in [2.45, 2.75) is 18.9 Å². The monoisotopic (exact) mass is 364 g/mol. The van der Waals surface area contributed by atoms with Crippen LogP contribution in [0.2, 0.25) is 10.0 Å². The van der Waals surface area contributed by atoms with Crippen LogP contribution < -0.4 is 0 Å². The Bertz CT molecular complexity index is 716. The van der Waals surface area contributed by atoms with Crippen LogP contribution in [0.5, 0.6) is 0 Å². The minimum atomic E-state index is -0.711. The Labute approximate surface area is 151 Å². The Morgan fingerprint density at radius 2 is 2.00 bits per heavy atom. The highest BCUT2D eigenvalue weighted by atomic mass is 35.5. The van der Waals surface area contributed by atoms with Gasteiger partial charge in [-0.2, -0.15) is 0 Å². The van der Waals surface area contributed by atoms with E-state index >= 15 is 0 Å². The summed E-state index contributed by atoms with van der Waals surface area (Å²) < 4.78 is 0. The molecule has 1 aromatic carbocycles. The maximum absolute atomic E-state index is 11.2. The molecule has 1 fully saturated rings. The van der Waals surface area contributed by atoms with Gasteiger partial charge in [0.05, 0.1) is 12.0 Å². The van der Waals surface area contributed by atoms with Crippen LogP contribution in [0.1, 0.15) is 30.0 Å². The van der Waals surface area contributed by atoms with E-state index in [-0.39, 0.29) is 12.0 Å². The summed E-state index contributed by atoms with van der Waals surface area (Å²) in [4.78, 5) is 17.7.